The monoisotopic (exact) mass is 249 g/mol. The number of likely N-dealkylation sites (N-methyl/N-ethyl adjacent to an activating group) is 1. The third-order valence-electron chi connectivity index (χ3n) is 2.98. The minimum absolute atomic E-state index is 0.0268. The average molecular weight is 249 g/mol. The molecule has 1 N–H and O–H groups in total. The van der Waals surface area contributed by atoms with Crippen LogP contribution in [0.5, 0.6) is 0 Å². The molecule has 0 amide bonds. The van der Waals surface area contributed by atoms with Gasteiger partial charge in [-0.15, -0.1) is 0 Å². The van der Waals surface area contributed by atoms with E-state index in [1.165, 1.54) is 12.1 Å². The minimum atomic E-state index is -0.582. The van der Waals surface area contributed by atoms with Crippen molar-refractivity contribution in [2.24, 2.45) is 0 Å². The fourth-order valence-corrected chi connectivity index (χ4v) is 1.43. The van der Waals surface area contributed by atoms with E-state index in [2.05, 4.69) is 0 Å². The molecule has 1 rings (SSSR count). The van der Waals surface area contributed by atoms with E-state index in [1.54, 1.807) is 24.1 Å². The first-order chi connectivity index (χ1) is 8.33. The molecule has 18 heavy (non-hydrogen) atoms. The van der Waals surface area contributed by atoms with Gasteiger partial charge < -0.3 is 10.0 Å². The number of rotatable bonds is 4. The van der Waals surface area contributed by atoms with Crippen molar-refractivity contribution in [1.82, 2.24) is 0 Å². The molecule has 1 aromatic carbocycles. The first-order valence-corrected chi connectivity index (χ1v) is 5.36. The number of nitro benzene ring substituents is 1. The average Bonchev–Trinajstić information content (AvgIpc) is 2.36. The van der Waals surface area contributed by atoms with E-state index in [4.69, 9.17) is 5.26 Å². The summed E-state index contributed by atoms with van der Waals surface area (Å²) in [6.07, 6.45) is 0. The van der Waals surface area contributed by atoms with E-state index >= 15 is 0 Å². The highest BCUT2D eigenvalue weighted by Gasteiger charge is 2.25. The van der Waals surface area contributed by atoms with Gasteiger partial charge in [0.05, 0.1) is 17.1 Å². The lowest BCUT2D eigenvalue weighted by Crippen LogP contribution is -2.44. The Morgan fingerprint density at radius 3 is 2.61 bits per heavy atom. The van der Waals surface area contributed by atoms with Crippen molar-refractivity contribution in [3.8, 4) is 6.07 Å². The highest BCUT2D eigenvalue weighted by Crippen LogP contribution is 2.28. The maximum absolute atomic E-state index is 10.9. The predicted octanol–water partition coefficient (Wildman–Crippen LogP) is 1.67. The van der Waals surface area contributed by atoms with E-state index < -0.39 is 10.5 Å². The quantitative estimate of drug-likeness (QED) is 0.647. The van der Waals surface area contributed by atoms with Gasteiger partial charge in [0, 0.05) is 18.8 Å². The molecule has 0 spiro atoms. The molecule has 0 radical (unpaired) electrons. The van der Waals surface area contributed by atoms with Crippen LogP contribution < -0.4 is 4.90 Å². The van der Waals surface area contributed by atoms with Crippen molar-refractivity contribution >= 4 is 11.4 Å². The van der Waals surface area contributed by atoms with Crippen LogP contribution in [0.1, 0.15) is 19.4 Å². The molecule has 0 heterocycles. The smallest absolute Gasteiger partial charge is 0.289 e. The van der Waals surface area contributed by atoms with Gasteiger partial charge in [-0.25, -0.2) is 0 Å². The van der Waals surface area contributed by atoms with E-state index in [-0.39, 0.29) is 17.9 Å². The third kappa shape index (κ3) is 2.57. The SMILES string of the molecule is CN(c1ccc(C#N)c([N+](=O)[O-])c1)C(C)(C)CO. The summed E-state index contributed by atoms with van der Waals surface area (Å²) in [5.41, 5.74) is -0.156. The van der Waals surface area contributed by atoms with Gasteiger partial charge in [-0.1, -0.05) is 0 Å². The summed E-state index contributed by atoms with van der Waals surface area (Å²) in [5.74, 6) is 0. The number of nitro groups is 1. The Morgan fingerprint density at radius 2 is 2.17 bits per heavy atom. The molecule has 6 heteroatoms. The first kappa shape index (κ1) is 13.9. The molecular weight excluding hydrogens is 234 g/mol. The topological polar surface area (TPSA) is 90.4 Å². The lowest BCUT2D eigenvalue weighted by molar-refractivity contribution is -0.385. The minimum Gasteiger partial charge on any atom is -0.394 e. The number of benzene rings is 1. The van der Waals surface area contributed by atoms with Gasteiger partial charge in [0.15, 0.2) is 0 Å². The Balaban J connectivity index is 3.25. The predicted molar refractivity (Wildman–Crippen MR) is 67.4 cm³/mol. The molecule has 0 aliphatic carbocycles. The highest BCUT2D eigenvalue weighted by molar-refractivity contribution is 5.60. The molecular formula is C12H15N3O3. The number of aliphatic hydroxyl groups is 1. The molecule has 0 fully saturated rings. The molecule has 0 saturated carbocycles. The zero-order chi connectivity index (χ0) is 13.9. The van der Waals surface area contributed by atoms with Crippen molar-refractivity contribution in [2.75, 3.05) is 18.6 Å². The van der Waals surface area contributed by atoms with Gasteiger partial charge in [0.2, 0.25) is 0 Å². The summed E-state index contributed by atoms with van der Waals surface area (Å²) >= 11 is 0. The summed E-state index contributed by atoms with van der Waals surface area (Å²) in [6.45, 7) is 3.55. The fourth-order valence-electron chi connectivity index (χ4n) is 1.43. The molecule has 0 aliphatic rings. The lowest BCUT2D eigenvalue weighted by Gasteiger charge is -2.35. The summed E-state index contributed by atoms with van der Waals surface area (Å²) in [4.78, 5) is 12.0. The zero-order valence-corrected chi connectivity index (χ0v) is 10.5. The van der Waals surface area contributed by atoms with Gasteiger partial charge in [-0.2, -0.15) is 5.26 Å². The lowest BCUT2D eigenvalue weighted by atomic mass is 10.0. The van der Waals surface area contributed by atoms with Crippen molar-refractivity contribution in [3.63, 3.8) is 0 Å². The molecule has 0 unspecified atom stereocenters. The fraction of sp³-hybridized carbons (Fsp3) is 0.417. The number of hydrogen-bond acceptors (Lipinski definition) is 5. The molecule has 0 aliphatic heterocycles. The van der Waals surface area contributed by atoms with Gasteiger partial charge in [-0.3, -0.25) is 10.1 Å². The molecule has 6 nitrogen and oxygen atoms in total. The number of anilines is 1. The Labute approximate surface area is 105 Å². The largest absolute Gasteiger partial charge is 0.394 e. The second-order valence-corrected chi connectivity index (χ2v) is 4.60. The highest BCUT2D eigenvalue weighted by atomic mass is 16.6. The van der Waals surface area contributed by atoms with Crippen LogP contribution in [0.15, 0.2) is 18.2 Å². The van der Waals surface area contributed by atoms with Gasteiger partial charge in [0.25, 0.3) is 5.69 Å². The van der Waals surface area contributed by atoms with Crippen LogP contribution in [0.4, 0.5) is 11.4 Å². The summed E-state index contributed by atoms with van der Waals surface area (Å²) in [5, 5.41) is 28.9. The maximum Gasteiger partial charge on any atom is 0.289 e. The van der Waals surface area contributed by atoms with E-state index in [0.717, 1.165) is 0 Å². The van der Waals surface area contributed by atoms with Crippen molar-refractivity contribution < 1.29 is 10.0 Å². The molecule has 96 valence electrons. The molecule has 0 saturated heterocycles. The van der Waals surface area contributed by atoms with Crippen molar-refractivity contribution in [1.29, 1.82) is 5.26 Å². The number of nitriles is 1. The van der Waals surface area contributed by atoms with Crippen LogP contribution in [0.25, 0.3) is 0 Å². The van der Waals surface area contributed by atoms with E-state index in [9.17, 15) is 15.2 Å². The second kappa shape index (κ2) is 5.02. The van der Waals surface area contributed by atoms with Gasteiger partial charge in [-0.05, 0) is 26.0 Å². The van der Waals surface area contributed by atoms with Gasteiger partial charge in [0.1, 0.15) is 11.6 Å². The zero-order valence-electron chi connectivity index (χ0n) is 10.5. The van der Waals surface area contributed by atoms with E-state index in [1.807, 2.05) is 13.8 Å². The van der Waals surface area contributed by atoms with E-state index in [0.29, 0.717) is 5.69 Å². The van der Waals surface area contributed by atoms with Crippen LogP contribution in [-0.2, 0) is 0 Å². The van der Waals surface area contributed by atoms with Crippen LogP contribution in [-0.4, -0.2) is 29.2 Å². The number of nitrogens with zero attached hydrogens (tertiary/aromatic N) is 3. The molecule has 0 bridgehead atoms. The Morgan fingerprint density at radius 1 is 1.56 bits per heavy atom. The molecule has 1 aromatic rings. The van der Waals surface area contributed by atoms with Crippen LogP contribution in [0, 0.1) is 21.4 Å². The Hall–Kier alpha value is -2.13. The number of hydrogen-bond donors (Lipinski definition) is 1. The standard InChI is InChI=1S/C12H15N3O3/c1-12(2,8-16)14(3)10-5-4-9(7-13)11(6-10)15(17)18/h4-6,16H,8H2,1-3H3. The summed E-state index contributed by atoms with van der Waals surface area (Å²) in [7, 11) is 1.74. The van der Waals surface area contributed by atoms with Crippen LogP contribution in [0.2, 0.25) is 0 Å². The molecule has 0 aromatic heterocycles. The molecule has 0 atom stereocenters. The van der Waals surface area contributed by atoms with Crippen molar-refractivity contribution in [3.05, 3.63) is 33.9 Å². The summed E-state index contributed by atoms with van der Waals surface area (Å²) < 4.78 is 0. The maximum atomic E-state index is 10.9. The first-order valence-electron chi connectivity index (χ1n) is 5.36. The van der Waals surface area contributed by atoms with Crippen LogP contribution >= 0.6 is 0 Å². The normalized spacial score (nSPS) is 10.8. The second-order valence-electron chi connectivity index (χ2n) is 4.60. The Bertz CT molecular complexity index is 506. The van der Waals surface area contributed by atoms with Crippen LogP contribution in [0.3, 0.4) is 0 Å². The van der Waals surface area contributed by atoms with Crippen molar-refractivity contribution in [2.45, 2.75) is 19.4 Å². The summed E-state index contributed by atoms with van der Waals surface area (Å²) in [6, 6.07) is 6.17. The third-order valence-corrected chi connectivity index (χ3v) is 2.98. The number of aliphatic hydroxyl groups excluding tert-OH is 1. The Kier molecular flexibility index (Phi) is 3.89. The van der Waals surface area contributed by atoms with Gasteiger partial charge >= 0.3 is 0 Å².